The minimum Gasteiger partial charge on any atom is -0.207 e. The lowest BCUT2D eigenvalue weighted by Gasteiger charge is -2.12. The summed E-state index contributed by atoms with van der Waals surface area (Å²) in [7, 11) is 0. The Morgan fingerprint density at radius 1 is 1.33 bits per heavy atom. The van der Waals surface area contributed by atoms with Gasteiger partial charge in [-0.3, -0.25) is 0 Å². The van der Waals surface area contributed by atoms with Crippen LogP contribution >= 0.6 is 15.9 Å². The minimum absolute atomic E-state index is 0.146. The van der Waals surface area contributed by atoms with Crippen LogP contribution in [0.15, 0.2) is 18.2 Å². The van der Waals surface area contributed by atoms with Crippen molar-refractivity contribution in [1.29, 1.82) is 0 Å². The Kier molecular flexibility index (Phi) is 3.76. The molecule has 0 spiro atoms. The van der Waals surface area contributed by atoms with Gasteiger partial charge in [-0.25, -0.2) is 4.39 Å². The van der Waals surface area contributed by atoms with E-state index < -0.39 is 17.6 Å². The van der Waals surface area contributed by atoms with Crippen molar-refractivity contribution in [3.05, 3.63) is 35.1 Å². The van der Waals surface area contributed by atoms with E-state index in [0.29, 0.717) is 17.0 Å². The predicted octanol–water partition coefficient (Wildman–Crippen LogP) is 4.34. The molecular weight excluding hydrogens is 276 g/mol. The molecule has 15 heavy (non-hydrogen) atoms. The first-order chi connectivity index (χ1) is 6.86. The molecule has 0 fully saturated rings. The molecule has 1 aromatic rings. The van der Waals surface area contributed by atoms with Crippen LogP contribution in [0, 0.1) is 5.82 Å². The van der Waals surface area contributed by atoms with Gasteiger partial charge in [-0.2, -0.15) is 13.2 Å². The average Bonchev–Trinajstić information content (AvgIpc) is 2.15. The quantitative estimate of drug-likeness (QED) is 0.560. The summed E-state index contributed by atoms with van der Waals surface area (Å²) in [5, 5.41) is 0.509. The fraction of sp³-hybridized carbons (Fsp3) is 0.400. The number of rotatable bonds is 2. The zero-order valence-electron chi connectivity index (χ0n) is 7.91. The number of hydrogen-bond acceptors (Lipinski definition) is 0. The van der Waals surface area contributed by atoms with Gasteiger partial charge in [0, 0.05) is 5.33 Å². The first-order valence-electron chi connectivity index (χ1n) is 4.29. The van der Waals surface area contributed by atoms with E-state index >= 15 is 0 Å². The minimum atomic E-state index is -4.49. The summed E-state index contributed by atoms with van der Waals surface area (Å²) in [5.74, 6) is -0.955. The molecule has 0 aromatic heterocycles. The van der Waals surface area contributed by atoms with Crippen LogP contribution in [0.2, 0.25) is 0 Å². The van der Waals surface area contributed by atoms with Crippen molar-refractivity contribution < 1.29 is 17.6 Å². The zero-order valence-corrected chi connectivity index (χ0v) is 9.49. The van der Waals surface area contributed by atoms with Crippen LogP contribution in [0.4, 0.5) is 17.6 Å². The second-order valence-electron chi connectivity index (χ2n) is 3.29. The molecule has 0 radical (unpaired) electrons. The maximum Gasteiger partial charge on any atom is 0.416 e. The topological polar surface area (TPSA) is 0 Å². The molecule has 0 N–H and O–H groups in total. The van der Waals surface area contributed by atoms with Gasteiger partial charge in [-0.05, 0) is 23.6 Å². The summed E-state index contributed by atoms with van der Waals surface area (Å²) in [4.78, 5) is 0. The van der Waals surface area contributed by atoms with Crippen molar-refractivity contribution in [1.82, 2.24) is 0 Å². The standard InChI is InChI=1S/C10H9BrF4/c1-6(5-11)8-3-2-7(4-9(8)12)10(13,14)15/h2-4,6H,5H2,1H3. The molecule has 0 aliphatic rings. The van der Waals surface area contributed by atoms with Gasteiger partial charge in [0.2, 0.25) is 0 Å². The van der Waals surface area contributed by atoms with Crippen molar-refractivity contribution in [2.45, 2.75) is 19.0 Å². The molecule has 1 rings (SSSR count). The summed E-state index contributed by atoms with van der Waals surface area (Å²) in [5.41, 5.74) is -0.662. The number of alkyl halides is 4. The molecule has 5 heteroatoms. The second kappa shape index (κ2) is 4.51. The SMILES string of the molecule is CC(CBr)c1ccc(C(F)(F)F)cc1F. The molecule has 0 aliphatic carbocycles. The molecule has 1 aromatic carbocycles. The smallest absolute Gasteiger partial charge is 0.207 e. The Morgan fingerprint density at radius 3 is 2.33 bits per heavy atom. The van der Waals surface area contributed by atoms with Crippen LogP contribution in [0.1, 0.15) is 24.0 Å². The summed E-state index contributed by atoms with van der Waals surface area (Å²) >= 11 is 3.15. The summed E-state index contributed by atoms with van der Waals surface area (Å²) < 4.78 is 49.9. The molecule has 0 nitrogen and oxygen atoms in total. The normalized spacial score (nSPS) is 14.0. The third kappa shape index (κ3) is 2.93. The van der Waals surface area contributed by atoms with E-state index in [2.05, 4.69) is 15.9 Å². The highest BCUT2D eigenvalue weighted by Crippen LogP contribution is 2.31. The van der Waals surface area contributed by atoms with Gasteiger partial charge < -0.3 is 0 Å². The van der Waals surface area contributed by atoms with Crippen LogP contribution in [-0.2, 0) is 6.18 Å². The predicted molar refractivity (Wildman–Crippen MR) is 53.6 cm³/mol. The third-order valence-corrected chi connectivity index (χ3v) is 3.06. The van der Waals surface area contributed by atoms with Gasteiger partial charge in [-0.15, -0.1) is 0 Å². The zero-order chi connectivity index (χ0) is 11.6. The molecule has 84 valence electrons. The van der Waals surface area contributed by atoms with Crippen LogP contribution in [-0.4, -0.2) is 5.33 Å². The van der Waals surface area contributed by atoms with E-state index in [1.165, 1.54) is 6.07 Å². The Hall–Kier alpha value is -0.580. The van der Waals surface area contributed by atoms with E-state index in [4.69, 9.17) is 0 Å². The first-order valence-corrected chi connectivity index (χ1v) is 5.41. The maximum atomic E-state index is 13.3. The van der Waals surface area contributed by atoms with Crippen LogP contribution in [0.5, 0.6) is 0 Å². The molecule has 0 aliphatic heterocycles. The Labute approximate surface area is 93.4 Å². The molecule has 1 atom stereocenters. The van der Waals surface area contributed by atoms with Crippen molar-refractivity contribution in [3.63, 3.8) is 0 Å². The van der Waals surface area contributed by atoms with E-state index in [1.54, 1.807) is 6.92 Å². The van der Waals surface area contributed by atoms with Gasteiger partial charge in [0.1, 0.15) is 5.82 Å². The van der Waals surface area contributed by atoms with Gasteiger partial charge >= 0.3 is 6.18 Å². The molecule has 0 bridgehead atoms. The van der Waals surface area contributed by atoms with Gasteiger partial charge in [0.25, 0.3) is 0 Å². The van der Waals surface area contributed by atoms with Crippen molar-refractivity contribution in [2.75, 3.05) is 5.33 Å². The monoisotopic (exact) mass is 284 g/mol. The molecule has 0 amide bonds. The van der Waals surface area contributed by atoms with Gasteiger partial charge in [0.05, 0.1) is 5.56 Å². The fourth-order valence-electron chi connectivity index (χ4n) is 1.19. The lowest BCUT2D eigenvalue weighted by Crippen LogP contribution is -2.07. The van der Waals surface area contributed by atoms with Crippen LogP contribution in [0.25, 0.3) is 0 Å². The molecule has 0 saturated carbocycles. The number of halogens is 5. The Morgan fingerprint density at radius 2 is 1.93 bits per heavy atom. The maximum absolute atomic E-state index is 13.3. The van der Waals surface area contributed by atoms with Crippen molar-refractivity contribution in [3.8, 4) is 0 Å². The summed E-state index contributed by atoms with van der Waals surface area (Å²) in [6.07, 6.45) is -4.49. The van der Waals surface area contributed by atoms with E-state index in [1.807, 2.05) is 0 Å². The third-order valence-electron chi connectivity index (χ3n) is 2.09. The van der Waals surface area contributed by atoms with Crippen molar-refractivity contribution in [2.24, 2.45) is 0 Å². The number of benzene rings is 1. The summed E-state index contributed by atoms with van der Waals surface area (Å²) in [6, 6.07) is 2.62. The molecule has 0 saturated heterocycles. The van der Waals surface area contributed by atoms with E-state index in [0.717, 1.165) is 6.07 Å². The highest BCUT2D eigenvalue weighted by Gasteiger charge is 2.31. The molecular formula is C10H9BrF4. The van der Waals surface area contributed by atoms with E-state index in [9.17, 15) is 17.6 Å². The Bertz CT molecular complexity index is 346. The van der Waals surface area contributed by atoms with Gasteiger partial charge in [-0.1, -0.05) is 28.9 Å². The molecule has 1 unspecified atom stereocenters. The highest BCUT2D eigenvalue weighted by atomic mass is 79.9. The first kappa shape index (κ1) is 12.5. The fourth-order valence-corrected chi connectivity index (χ4v) is 1.54. The molecule has 0 heterocycles. The lowest BCUT2D eigenvalue weighted by molar-refractivity contribution is -0.137. The van der Waals surface area contributed by atoms with Gasteiger partial charge in [0.15, 0.2) is 0 Å². The van der Waals surface area contributed by atoms with Crippen LogP contribution < -0.4 is 0 Å². The average molecular weight is 285 g/mol. The Balaban J connectivity index is 3.09. The number of hydrogen-bond donors (Lipinski definition) is 0. The second-order valence-corrected chi connectivity index (χ2v) is 3.94. The van der Waals surface area contributed by atoms with Crippen molar-refractivity contribution >= 4 is 15.9 Å². The van der Waals surface area contributed by atoms with Crippen LogP contribution in [0.3, 0.4) is 0 Å². The lowest BCUT2D eigenvalue weighted by atomic mass is 10.0. The summed E-state index contributed by atoms with van der Waals surface area (Å²) in [6.45, 7) is 1.74. The largest absolute Gasteiger partial charge is 0.416 e. The van der Waals surface area contributed by atoms with E-state index in [-0.39, 0.29) is 5.92 Å². The highest BCUT2D eigenvalue weighted by molar-refractivity contribution is 9.09.